The maximum Gasteiger partial charge on any atom is 0.338 e. The molecule has 0 amide bonds. The van der Waals surface area contributed by atoms with Crippen molar-refractivity contribution in [2.75, 3.05) is 6.79 Å². The summed E-state index contributed by atoms with van der Waals surface area (Å²) in [6.07, 6.45) is -0.297. The van der Waals surface area contributed by atoms with Crippen LogP contribution in [-0.4, -0.2) is 12.8 Å². The number of rotatable bonds is 3. The molecule has 0 aromatic heterocycles. The molecule has 4 nitrogen and oxygen atoms in total. The first-order valence-corrected chi connectivity index (χ1v) is 6.39. The highest BCUT2D eigenvalue weighted by atomic mass is 16.7. The number of hydrogen-bond acceptors (Lipinski definition) is 4. The Balaban J connectivity index is 1.73. The summed E-state index contributed by atoms with van der Waals surface area (Å²) in [6.45, 7) is 2.04. The average molecular weight is 270 g/mol. The van der Waals surface area contributed by atoms with Gasteiger partial charge in [0.15, 0.2) is 11.5 Å². The Labute approximate surface area is 116 Å². The van der Waals surface area contributed by atoms with Gasteiger partial charge >= 0.3 is 5.97 Å². The third-order valence-electron chi connectivity index (χ3n) is 3.16. The number of carbonyl (C=O) groups is 1. The van der Waals surface area contributed by atoms with Crippen molar-refractivity contribution < 1.29 is 19.0 Å². The van der Waals surface area contributed by atoms with Gasteiger partial charge in [-0.15, -0.1) is 0 Å². The van der Waals surface area contributed by atoms with Crippen LogP contribution in [0.1, 0.15) is 28.9 Å². The van der Waals surface area contributed by atoms with Crippen molar-refractivity contribution in [2.24, 2.45) is 0 Å². The van der Waals surface area contributed by atoms with Gasteiger partial charge in [-0.3, -0.25) is 0 Å². The van der Waals surface area contributed by atoms with Gasteiger partial charge in [0.1, 0.15) is 6.10 Å². The van der Waals surface area contributed by atoms with Crippen molar-refractivity contribution in [3.8, 4) is 11.5 Å². The lowest BCUT2D eigenvalue weighted by Gasteiger charge is -2.13. The molecule has 4 heteroatoms. The van der Waals surface area contributed by atoms with E-state index in [4.69, 9.17) is 14.2 Å². The zero-order valence-electron chi connectivity index (χ0n) is 11.0. The third-order valence-corrected chi connectivity index (χ3v) is 3.16. The number of ether oxygens (including phenoxy) is 3. The second-order valence-corrected chi connectivity index (χ2v) is 4.53. The molecule has 2 aromatic carbocycles. The molecule has 1 aliphatic heterocycles. The number of hydrogen-bond donors (Lipinski definition) is 0. The largest absolute Gasteiger partial charge is 0.454 e. The molecule has 0 aliphatic carbocycles. The molecule has 102 valence electrons. The van der Waals surface area contributed by atoms with Crippen LogP contribution in [0.4, 0.5) is 0 Å². The van der Waals surface area contributed by atoms with E-state index in [1.165, 1.54) is 0 Å². The summed E-state index contributed by atoms with van der Waals surface area (Å²) in [5, 5.41) is 0. The molecule has 0 unspecified atom stereocenters. The Hall–Kier alpha value is -2.49. The smallest absolute Gasteiger partial charge is 0.338 e. The summed E-state index contributed by atoms with van der Waals surface area (Å²) in [5.41, 5.74) is 1.42. The molecule has 1 heterocycles. The van der Waals surface area contributed by atoms with Crippen molar-refractivity contribution in [1.29, 1.82) is 0 Å². The van der Waals surface area contributed by atoms with Gasteiger partial charge in [0.05, 0.1) is 5.56 Å². The number of fused-ring (bicyclic) bond motifs is 1. The zero-order valence-corrected chi connectivity index (χ0v) is 11.0. The summed E-state index contributed by atoms with van der Waals surface area (Å²) >= 11 is 0. The highest BCUT2D eigenvalue weighted by Crippen LogP contribution is 2.33. The minimum Gasteiger partial charge on any atom is -0.454 e. The molecule has 0 saturated heterocycles. The van der Waals surface area contributed by atoms with Crippen molar-refractivity contribution >= 4 is 5.97 Å². The van der Waals surface area contributed by atoms with Gasteiger partial charge in [-0.2, -0.15) is 0 Å². The van der Waals surface area contributed by atoms with Crippen LogP contribution >= 0.6 is 0 Å². The van der Waals surface area contributed by atoms with Crippen LogP contribution < -0.4 is 9.47 Å². The van der Waals surface area contributed by atoms with E-state index in [2.05, 4.69) is 0 Å². The van der Waals surface area contributed by atoms with Crippen LogP contribution in [0.15, 0.2) is 48.5 Å². The van der Waals surface area contributed by atoms with Crippen LogP contribution in [0, 0.1) is 0 Å². The first kappa shape index (κ1) is 12.5. The van der Waals surface area contributed by atoms with E-state index in [9.17, 15) is 4.79 Å². The molecule has 1 atom stereocenters. The fraction of sp³-hybridized carbons (Fsp3) is 0.188. The van der Waals surface area contributed by atoms with Crippen molar-refractivity contribution in [3.05, 3.63) is 59.7 Å². The van der Waals surface area contributed by atoms with Crippen LogP contribution in [0.2, 0.25) is 0 Å². The Bertz CT molecular complexity index is 622. The molecular formula is C16H14O4. The molecule has 2 aromatic rings. The third kappa shape index (κ3) is 2.45. The standard InChI is InChI=1S/C16H14O4/c1-11(12-5-3-2-4-6-12)20-16(17)13-7-8-14-15(9-13)19-10-18-14/h2-9,11H,10H2,1H3/t11-/m0/s1. The predicted molar refractivity (Wildman–Crippen MR) is 72.8 cm³/mol. The second-order valence-electron chi connectivity index (χ2n) is 4.53. The van der Waals surface area contributed by atoms with Gasteiger partial charge in [-0.1, -0.05) is 30.3 Å². The summed E-state index contributed by atoms with van der Waals surface area (Å²) in [7, 11) is 0. The quantitative estimate of drug-likeness (QED) is 0.802. The normalized spacial score (nSPS) is 13.8. The highest BCUT2D eigenvalue weighted by molar-refractivity contribution is 5.90. The fourth-order valence-corrected chi connectivity index (χ4v) is 2.04. The molecule has 20 heavy (non-hydrogen) atoms. The number of esters is 1. The van der Waals surface area contributed by atoms with E-state index < -0.39 is 0 Å². The first-order chi connectivity index (χ1) is 9.74. The molecule has 0 bridgehead atoms. The van der Waals surface area contributed by atoms with E-state index in [0.29, 0.717) is 17.1 Å². The molecule has 0 N–H and O–H groups in total. The number of benzene rings is 2. The second kappa shape index (κ2) is 5.25. The Kier molecular flexibility index (Phi) is 3.29. The van der Waals surface area contributed by atoms with Crippen molar-refractivity contribution in [3.63, 3.8) is 0 Å². The van der Waals surface area contributed by atoms with Gasteiger partial charge in [-0.25, -0.2) is 4.79 Å². The van der Waals surface area contributed by atoms with Gasteiger partial charge in [0.25, 0.3) is 0 Å². The zero-order chi connectivity index (χ0) is 13.9. The monoisotopic (exact) mass is 270 g/mol. The van der Waals surface area contributed by atoms with Crippen LogP contribution in [0.25, 0.3) is 0 Å². The predicted octanol–water partition coefficient (Wildman–Crippen LogP) is 3.33. The van der Waals surface area contributed by atoms with Crippen LogP contribution in [-0.2, 0) is 4.74 Å². The highest BCUT2D eigenvalue weighted by Gasteiger charge is 2.18. The Morgan fingerprint density at radius 2 is 1.85 bits per heavy atom. The number of carbonyl (C=O) groups excluding carboxylic acids is 1. The van der Waals surface area contributed by atoms with Gasteiger partial charge in [-0.05, 0) is 30.7 Å². The molecule has 0 spiro atoms. The van der Waals surface area contributed by atoms with E-state index in [1.54, 1.807) is 18.2 Å². The van der Waals surface area contributed by atoms with E-state index in [-0.39, 0.29) is 18.9 Å². The minimum atomic E-state index is -0.375. The van der Waals surface area contributed by atoms with E-state index >= 15 is 0 Å². The maximum atomic E-state index is 12.1. The van der Waals surface area contributed by atoms with Crippen molar-refractivity contribution in [1.82, 2.24) is 0 Å². The molecule has 0 fully saturated rings. The summed E-state index contributed by atoms with van der Waals surface area (Å²) in [6, 6.07) is 14.6. The van der Waals surface area contributed by atoms with Crippen LogP contribution in [0.3, 0.4) is 0 Å². The molecule has 0 saturated carbocycles. The lowest BCUT2D eigenvalue weighted by molar-refractivity contribution is 0.0337. The van der Waals surface area contributed by atoms with Gasteiger partial charge in [0.2, 0.25) is 6.79 Å². The lowest BCUT2D eigenvalue weighted by atomic mass is 10.1. The van der Waals surface area contributed by atoms with Crippen LogP contribution in [0.5, 0.6) is 11.5 Å². The van der Waals surface area contributed by atoms with E-state index in [1.807, 2.05) is 37.3 Å². The molecule has 1 aliphatic rings. The molecule has 0 radical (unpaired) electrons. The molecular weight excluding hydrogens is 256 g/mol. The van der Waals surface area contributed by atoms with E-state index in [0.717, 1.165) is 5.56 Å². The molecule has 3 rings (SSSR count). The summed E-state index contributed by atoms with van der Waals surface area (Å²) < 4.78 is 15.9. The average Bonchev–Trinajstić information content (AvgIpc) is 2.95. The summed E-state index contributed by atoms with van der Waals surface area (Å²) in [4.78, 5) is 12.1. The lowest BCUT2D eigenvalue weighted by Crippen LogP contribution is -2.09. The fourth-order valence-electron chi connectivity index (χ4n) is 2.04. The SMILES string of the molecule is C[C@H](OC(=O)c1ccc2c(c1)OCO2)c1ccccc1. The van der Waals surface area contributed by atoms with Gasteiger partial charge in [0, 0.05) is 0 Å². The topological polar surface area (TPSA) is 44.8 Å². The Morgan fingerprint density at radius 1 is 1.10 bits per heavy atom. The maximum absolute atomic E-state index is 12.1. The first-order valence-electron chi connectivity index (χ1n) is 6.39. The minimum absolute atomic E-state index is 0.189. The summed E-state index contributed by atoms with van der Waals surface area (Å²) in [5.74, 6) is 0.851. The van der Waals surface area contributed by atoms with Gasteiger partial charge < -0.3 is 14.2 Å². The van der Waals surface area contributed by atoms with Crippen molar-refractivity contribution in [2.45, 2.75) is 13.0 Å². The Morgan fingerprint density at radius 3 is 2.65 bits per heavy atom.